The second-order valence-corrected chi connectivity index (χ2v) is 7.22. The summed E-state index contributed by atoms with van der Waals surface area (Å²) in [6.07, 6.45) is -4.46. The van der Waals surface area contributed by atoms with Crippen LogP contribution in [0.2, 0.25) is 5.02 Å². The molecule has 0 aliphatic rings. The molecule has 3 rings (SSSR count). The molecule has 10 heteroatoms. The van der Waals surface area contributed by atoms with E-state index in [1.165, 1.54) is 30.4 Å². The zero-order valence-electron chi connectivity index (χ0n) is 14.3. The molecule has 0 saturated carbocycles. The van der Waals surface area contributed by atoms with Crippen molar-refractivity contribution in [3.8, 4) is 10.6 Å². The van der Waals surface area contributed by atoms with Gasteiger partial charge < -0.3 is 5.32 Å². The number of hydrogen-bond acceptors (Lipinski definition) is 4. The first-order valence-electron chi connectivity index (χ1n) is 7.97. The number of halogens is 4. The van der Waals surface area contributed by atoms with Crippen molar-refractivity contribution in [1.29, 1.82) is 0 Å². The predicted molar refractivity (Wildman–Crippen MR) is 102 cm³/mol. The number of amides is 1. The van der Waals surface area contributed by atoms with Gasteiger partial charge in [-0.25, -0.2) is 4.68 Å². The van der Waals surface area contributed by atoms with Gasteiger partial charge >= 0.3 is 6.18 Å². The summed E-state index contributed by atoms with van der Waals surface area (Å²) in [5.74, 6) is -0.587. The Kier molecular flexibility index (Phi) is 5.57. The lowest BCUT2D eigenvalue weighted by atomic mass is 10.2. The van der Waals surface area contributed by atoms with Crippen LogP contribution in [0.15, 0.2) is 52.6 Å². The van der Waals surface area contributed by atoms with E-state index >= 15 is 0 Å². The maximum Gasteiger partial charge on any atom is 0.416 e. The molecule has 0 spiro atoms. The number of alkyl halides is 3. The van der Waals surface area contributed by atoms with E-state index in [1.54, 1.807) is 11.4 Å². The van der Waals surface area contributed by atoms with Crippen molar-refractivity contribution in [3.63, 3.8) is 0 Å². The van der Waals surface area contributed by atoms with Crippen molar-refractivity contribution in [2.24, 2.45) is 0 Å². The van der Waals surface area contributed by atoms with Gasteiger partial charge in [0.15, 0.2) is 0 Å². The molecule has 1 N–H and O–H groups in total. The number of nitrogens with one attached hydrogen (secondary N) is 1. The summed E-state index contributed by atoms with van der Waals surface area (Å²) < 4.78 is 38.9. The van der Waals surface area contributed by atoms with Gasteiger partial charge in [-0.2, -0.15) is 18.3 Å². The number of carbonyl (C=O) groups excluding carboxylic acids is 1. The molecule has 5 nitrogen and oxygen atoms in total. The Morgan fingerprint density at radius 2 is 1.89 bits per heavy atom. The number of benzene rings is 1. The van der Waals surface area contributed by atoms with E-state index in [2.05, 4.69) is 10.4 Å². The second-order valence-electron chi connectivity index (χ2n) is 5.87. The highest BCUT2D eigenvalue weighted by Gasteiger charge is 2.30. The normalized spacial score (nSPS) is 12.6. The van der Waals surface area contributed by atoms with Gasteiger partial charge in [0.05, 0.1) is 15.5 Å². The lowest BCUT2D eigenvalue weighted by Crippen LogP contribution is -2.33. The van der Waals surface area contributed by atoms with Crippen LogP contribution in [0.3, 0.4) is 0 Å². The van der Waals surface area contributed by atoms with Gasteiger partial charge in [0.2, 0.25) is 5.91 Å². The SMILES string of the molecule is CC(C(=O)Nc1ccc(C(F)(F)F)cc1)n1nc(-c2cc(Cl)cs2)ccc1=O. The van der Waals surface area contributed by atoms with Gasteiger partial charge in [-0.1, -0.05) is 11.6 Å². The van der Waals surface area contributed by atoms with E-state index in [-0.39, 0.29) is 5.69 Å². The Morgan fingerprint density at radius 1 is 1.21 bits per heavy atom. The Labute approximate surface area is 166 Å². The first-order valence-corrected chi connectivity index (χ1v) is 9.23. The Balaban J connectivity index is 1.80. The van der Waals surface area contributed by atoms with Crippen LogP contribution < -0.4 is 10.9 Å². The van der Waals surface area contributed by atoms with Crippen molar-refractivity contribution in [1.82, 2.24) is 9.78 Å². The summed E-state index contributed by atoms with van der Waals surface area (Å²) >= 11 is 7.24. The molecular formula is C18H13ClF3N3O2S. The average Bonchev–Trinajstić information content (AvgIpc) is 3.07. The molecule has 28 heavy (non-hydrogen) atoms. The third kappa shape index (κ3) is 4.42. The molecular weight excluding hydrogens is 415 g/mol. The van der Waals surface area contributed by atoms with Crippen LogP contribution in [0.4, 0.5) is 18.9 Å². The maximum absolute atomic E-state index is 12.6. The highest BCUT2D eigenvalue weighted by molar-refractivity contribution is 7.14. The van der Waals surface area contributed by atoms with Crippen LogP contribution in [-0.4, -0.2) is 15.7 Å². The summed E-state index contributed by atoms with van der Waals surface area (Å²) in [6.45, 7) is 1.47. The topological polar surface area (TPSA) is 64.0 Å². The van der Waals surface area contributed by atoms with Crippen LogP contribution >= 0.6 is 22.9 Å². The molecule has 1 unspecified atom stereocenters. The number of aromatic nitrogens is 2. The number of hydrogen-bond donors (Lipinski definition) is 1. The van der Waals surface area contributed by atoms with E-state index in [9.17, 15) is 22.8 Å². The van der Waals surface area contributed by atoms with E-state index in [1.807, 2.05) is 0 Å². The molecule has 3 aromatic rings. The molecule has 0 aliphatic heterocycles. The Hall–Kier alpha value is -2.65. The minimum absolute atomic E-state index is 0.180. The molecule has 1 amide bonds. The number of rotatable bonds is 4. The zero-order valence-corrected chi connectivity index (χ0v) is 15.9. The number of carbonyl (C=O) groups is 1. The van der Waals surface area contributed by atoms with Crippen molar-refractivity contribution >= 4 is 34.5 Å². The highest BCUT2D eigenvalue weighted by Crippen LogP contribution is 2.30. The van der Waals surface area contributed by atoms with E-state index in [0.29, 0.717) is 10.7 Å². The molecule has 2 heterocycles. The van der Waals surface area contributed by atoms with E-state index in [4.69, 9.17) is 11.6 Å². The van der Waals surface area contributed by atoms with Crippen LogP contribution in [0.1, 0.15) is 18.5 Å². The molecule has 0 saturated heterocycles. The molecule has 0 fully saturated rings. The van der Waals surface area contributed by atoms with Crippen molar-refractivity contribution in [3.05, 3.63) is 68.8 Å². The van der Waals surface area contributed by atoms with Gasteiger partial charge in [-0.15, -0.1) is 11.3 Å². The van der Waals surface area contributed by atoms with Crippen LogP contribution in [-0.2, 0) is 11.0 Å². The van der Waals surface area contributed by atoms with Gasteiger partial charge in [0.25, 0.3) is 5.56 Å². The lowest BCUT2D eigenvalue weighted by Gasteiger charge is -2.15. The Morgan fingerprint density at radius 3 is 2.46 bits per heavy atom. The summed E-state index contributed by atoms with van der Waals surface area (Å²) in [5, 5.41) is 8.95. The number of anilines is 1. The summed E-state index contributed by atoms with van der Waals surface area (Å²) in [6, 6.07) is 7.56. The van der Waals surface area contributed by atoms with Crippen molar-refractivity contribution in [2.75, 3.05) is 5.32 Å². The minimum atomic E-state index is -4.46. The van der Waals surface area contributed by atoms with Crippen molar-refractivity contribution in [2.45, 2.75) is 19.1 Å². The first-order chi connectivity index (χ1) is 13.1. The number of nitrogens with zero attached hydrogens (tertiary/aromatic N) is 2. The Bertz CT molecular complexity index is 1060. The minimum Gasteiger partial charge on any atom is -0.324 e. The van der Waals surface area contributed by atoms with Gasteiger partial charge in [-0.05, 0) is 43.3 Å². The van der Waals surface area contributed by atoms with Crippen LogP contribution in [0.25, 0.3) is 10.6 Å². The fraction of sp³-hybridized carbons (Fsp3) is 0.167. The van der Waals surface area contributed by atoms with Crippen LogP contribution in [0, 0.1) is 0 Å². The summed E-state index contributed by atoms with van der Waals surface area (Å²) in [5.41, 5.74) is -0.648. The van der Waals surface area contributed by atoms with Crippen LogP contribution in [0.5, 0.6) is 0 Å². The van der Waals surface area contributed by atoms with E-state index < -0.39 is 29.2 Å². The quantitative estimate of drug-likeness (QED) is 0.647. The maximum atomic E-state index is 12.6. The van der Waals surface area contributed by atoms with Crippen molar-refractivity contribution < 1.29 is 18.0 Å². The molecule has 0 radical (unpaired) electrons. The second kappa shape index (κ2) is 7.76. The smallest absolute Gasteiger partial charge is 0.324 e. The fourth-order valence-corrected chi connectivity index (χ4v) is 3.42. The lowest BCUT2D eigenvalue weighted by molar-refractivity contribution is -0.137. The summed E-state index contributed by atoms with van der Waals surface area (Å²) in [4.78, 5) is 25.3. The molecule has 2 aromatic heterocycles. The molecule has 1 aromatic carbocycles. The highest BCUT2D eigenvalue weighted by atomic mass is 35.5. The molecule has 1 atom stereocenters. The average molecular weight is 428 g/mol. The van der Waals surface area contributed by atoms with E-state index in [0.717, 1.165) is 33.8 Å². The fourth-order valence-electron chi connectivity index (χ4n) is 2.38. The van der Waals surface area contributed by atoms with Gasteiger partial charge in [-0.3, -0.25) is 9.59 Å². The van der Waals surface area contributed by atoms with Gasteiger partial charge in [0, 0.05) is 17.1 Å². The third-order valence-corrected chi connectivity index (χ3v) is 5.17. The largest absolute Gasteiger partial charge is 0.416 e. The monoisotopic (exact) mass is 427 g/mol. The zero-order chi connectivity index (χ0) is 20.5. The van der Waals surface area contributed by atoms with Gasteiger partial charge in [0.1, 0.15) is 11.7 Å². The third-order valence-electron chi connectivity index (χ3n) is 3.87. The first kappa shape index (κ1) is 20.1. The molecule has 146 valence electrons. The predicted octanol–water partition coefficient (Wildman–Crippen LogP) is 4.84. The standard InChI is InChI=1S/C18H13ClF3N3O2S/c1-10(17(27)23-13-4-2-11(3-5-13)18(20,21)22)25-16(26)7-6-14(24-25)15-8-12(19)9-28-15/h2-10H,1H3,(H,23,27). The molecule has 0 bridgehead atoms. The summed E-state index contributed by atoms with van der Waals surface area (Å²) in [7, 11) is 0. The number of thiophene rings is 1. The molecule has 0 aliphatic carbocycles.